The van der Waals surface area contributed by atoms with Gasteiger partial charge in [0.05, 0.1) is 0 Å². The zero-order valence-corrected chi connectivity index (χ0v) is 13.4. The molecule has 0 radical (unpaired) electrons. The molecule has 116 valence electrons. The Morgan fingerprint density at radius 2 is 1.62 bits per heavy atom. The van der Waals surface area contributed by atoms with Crippen LogP contribution in [-0.2, 0) is 0 Å². The third-order valence-electron chi connectivity index (χ3n) is 4.07. The topological polar surface area (TPSA) is 26.0 Å². The van der Waals surface area contributed by atoms with Gasteiger partial charge in [-0.2, -0.15) is 0 Å². The number of aryl methyl sites for hydroxylation is 1. The Morgan fingerprint density at radius 1 is 0.833 bits per heavy atom. The Kier molecular flexibility index (Phi) is 3.72. The van der Waals surface area contributed by atoms with Gasteiger partial charge in [0, 0.05) is 5.56 Å². The smallest absolute Gasteiger partial charge is 0.227 e. The summed E-state index contributed by atoms with van der Waals surface area (Å²) in [6.07, 6.45) is 4.27. The molecule has 0 fully saturated rings. The minimum atomic E-state index is 0.665. The number of hydrogen-bond acceptors (Lipinski definition) is 2. The molecule has 2 nitrogen and oxygen atoms in total. The first-order valence-corrected chi connectivity index (χ1v) is 7.99. The Labute approximate surface area is 141 Å². The second-order valence-electron chi connectivity index (χ2n) is 5.80. The van der Waals surface area contributed by atoms with Crippen molar-refractivity contribution in [1.82, 2.24) is 4.98 Å². The Morgan fingerprint density at radius 3 is 2.42 bits per heavy atom. The molecular formula is C22H17NO. The molecule has 4 rings (SSSR count). The van der Waals surface area contributed by atoms with Gasteiger partial charge >= 0.3 is 0 Å². The predicted octanol–water partition coefficient (Wildman–Crippen LogP) is 5.97. The van der Waals surface area contributed by atoms with Gasteiger partial charge in [-0.25, -0.2) is 4.98 Å². The average molecular weight is 311 g/mol. The van der Waals surface area contributed by atoms with Gasteiger partial charge in [-0.15, -0.1) is 0 Å². The third-order valence-corrected chi connectivity index (χ3v) is 4.07. The van der Waals surface area contributed by atoms with Crippen molar-refractivity contribution in [3.8, 4) is 11.5 Å². The van der Waals surface area contributed by atoms with Crippen LogP contribution in [0.2, 0.25) is 0 Å². The van der Waals surface area contributed by atoms with Crippen LogP contribution >= 0.6 is 0 Å². The lowest BCUT2D eigenvalue weighted by Gasteiger charge is -2.03. The summed E-state index contributed by atoms with van der Waals surface area (Å²) in [5.41, 5.74) is 6.29. The summed E-state index contributed by atoms with van der Waals surface area (Å²) in [5.74, 6) is 0.665. The first-order chi connectivity index (χ1) is 11.8. The van der Waals surface area contributed by atoms with Gasteiger partial charge in [-0.05, 0) is 47.9 Å². The molecule has 0 N–H and O–H groups in total. The number of para-hydroxylation sites is 2. The molecule has 0 atom stereocenters. The van der Waals surface area contributed by atoms with E-state index in [0.29, 0.717) is 5.89 Å². The number of nitrogens with zero attached hydrogens (tertiary/aromatic N) is 1. The molecule has 2 heteroatoms. The summed E-state index contributed by atoms with van der Waals surface area (Å²) < 4.78 is 5.85. The van der Waals surface area contributed by atoms with E-state index in [2.05, 4.69) is 54.4 Å². The van der Waals surface area contributed by atoms with Crippen LogP contribution < -0.4 is 0 Å². The SMILES string of the molecule is Cc1cc(-c2nc3ccccc3o2)ccc1C=Cc1ccccc1. The highest BCUT2D eigenvalue weighted by Gasteiger charge is 2.08. The lowest BCUT2D eigenvalue weighted by Crippen LogP contribution is -1.84. The fourth-order valence-electron chi connectivity index (χ4n) is 2.74. The van der Waals surface area contributed by atoms with E-state index in [1.165, 1.54) is 16.7 Å². The molecule has 0 aliphatic rings. The zero-order valence-electron chi connectivity index (χ0n) is 13.4. The third kappa shape index (κ3) is 2.86. The van der Waals surface area contributed by atoms with Crippen LogP contribution in [0.15, 0.2) is 77.2 Å². The van der Waals surface area contributed by atoms with Crippen molar-refractivity contribution in [3.05, 3.63) is 89.5 Å². The summed E-state index contributed by atoms with van der Waals surface area (Å²) in [4.78, 5) is 4.56. The van der Waals surface area contributed by atoms with Crippen molar-refractivity contribution < 1.29 is 4.42 Å². The highest BCUT2D eigenvalue weighted by Crippen LogP contribution is 2.26. The number of rotatable bonds is 3. The van der Waals surface area contributed by atoms with Crippen LogP contribution in [0.1, 0.15) is 16.7 Å². The van der Waals surface area contributed by atoms with Crippen LogP contribution in [-0.4, -0.2) is 4.98 Å². The van der Waals surface area contributed by atoms with Gasteiger partial charge in [0.1, 0.15) is 5.52 Å². The van der Waals surface area contributed by atoms with E-state index in [4.69, 9.17) is 4.42 Å². The largest absolute Gasteiger partial charge is 0.436 e. The summed E-state index contributed by atoms with van der Waals surface area (Å²) in [6, 6.07) is 24.4. The summed E-state index contributed by atoms with van der Waals surface area (Å²) in [5, 5.41) is 0. The van der Waals surface area contributed by atoms with E-state index < -0.39 is 0 Å². The van der Waals surface area contributed by atoms with E-state index in [0.717, 1.165) is 16.7 Å². The zero-order chi connectivity index (χ0) is 16.4. The second kappa shape index (κ2) is 6.17. The molecule has 1 heterocycles. The maximum atomic E-state index is 5.85. The van der Waals surface area contributed by atoms with Crippen molar-refractivity contribution in [3.63, 3.8) is 0 Å². The maximum Gasteiger partial charge on any atom is 0.227 e. The fourth-order valence-corrected chi connectivity index (χ4v) is 2.74. The summed E-state index contributed by atoms with van der Waals surface area (Å²) >= 11 is 0. The lowest BCUT2D eigenvalue weighted by molar-refractivity contribution is 0.620. The van der Waals surface area contributed by atoms with Crippen molar-refractivity contribution in [1.29, 1.82) is 0 Å². The van der Waals surface area contributed by atoms with Crippen LogP contribution in [0.25, 0.3) is 34.7 Å². The molecule has 0 aliphatic carbocycles. The first-order valence-electron chi connectivity index (χ1n) is 7.99. The fraction of sp³-hybridized carbons (Fsp3) is 0.0455. The average Bonchev–Trinajstić information content (AvgIpc) is 3.06. The summed E-state index contributed by atoms with van der Waals surface area (Å²) in [6.45, 7) is 2.11. The van der Waals surface area contributed by atoms with Crippen molar-refractivity contribution in [2.75, 3.05) is 0 Å². The standard InChI is InChI=1S/C22H17NO/c1-16-15-19(22-23-20-9-5-6-10-21(20)24-22)14-13-18(16)12-11-17-7-3-2-4-8-17/h2-15H,1H3. The van der Waals surface area contributed by atoms with Crippen LogP contribution in [0.3, 0.4) is 0 Å². The number of hydrogen-bond donors (Lipinski definition) is 0. The van der Waals surface area contributed by atoms with Crippen LogP contribution in [0.5, 0.6) is 0 Å². The molecular weight excluding hydrogens is 294 g/mol. The van der Waals surface area contributed by atoms with Crippen molar-refractivity contribution in [2.24, 2.45) is 0 Å². The lowest BCUT2D eigenvalue weighted by atomic mass is 10.0. The molecule has 0 bridgehead atoms. The molecule has 0 amide bonds. The molecule has 1 aromatic heterocycles. The first kappa shape index (κ1) is 14.5. The van der Waals surface area contributed by atoms with Gasteiger partial charge in [-0.1, -0.05) is 60.7 Å². The summed E-state index contributed by atoms with van der Waals surface area (Å²) in [7, 11) is 0. The highest BCUT2D eigenvalue weighted by molar-refractivity contribution is 5.77. The van der Waals surface area contributed by atoms with Crippen molar-refractivity contribution in [2.45, 2.75) is 6.92 Å². The van der Waals surface area contributed by atoms with Gasteiger partial charge in [0.2, 0.25) is 5.89 Å². The van der Waals surface area contributed by atoms with Crippen LogP contribution in [0.4, 0.5) is 0 Å². The van der Waals surface area contributed by atoms with E-state index in [-0.39, 0.29) is 0 Å². The Bertz CT molecular complexity index is 980. The molecule has 3 aromatic carbocycles. The molecule has 0 aliphatic heterocycles. The van der Waals surface area contributed by atoms with Crippen LogP contribution in [0, 0.1) is 6.92 Å². The molecule has 0 unspecified atom stereocenters. The van der Waals surface area contributed by atoms with Gasteiger partial charge in [0.15, 0.2) is 5.58 Å². The number of fused-ring (bicyclic) bond motifs is 1. The molecule has 24 heavy (non-hydrogen) atoms. The molecule has 0 saturated heterocycles. The minimum absolute atomic E-state index is 0.665. The number of aromatic nitrogens is 1. The second-order valence-corrected chi connectivity index (χ2v) is 5.80. The maximum absolute atomic E-state index is 5.85. The normalized spacial score (nSPS) is 11.4. The van der Waals surface area contributed by atoms with E-state index in [9.17, 15) is 0 Å². The van der Waals surface area contributed by atoms with Crippen molar-refractivity contribution >= 4 is 23.3 Å². The van der Waals surface area contributed by atoms with E-state index >= 15 is 0 Å². The molecule has 0 spiro atoms. The van der Waals surface area contributed by atoms with Gasteiger partial charge in [0.25, 0.3) is 0 Å². The quantitative estimate of drug-likeness (QED) is 0.435. The van der Waals surface area contributed by atoms with E-state index in [1.54, 1.807) is 0 Å². The monoisotopic (exact) mass is 311 g/mol. The highest BCUT2D eigenvalue weighted by atomic mass is 16.3. The Hall–Kier alpha value is -3.13. The van der Waals surface area contributed by atoms with Gasteiger partial charge < -0.3 is 4.42 Å². The minimum Gasteiger partial charge on any atom is -0.436 e. The predicted molar refractivity (Wildman–Crippen MR) is 99.6 cm³/mol. The molecule has 4 aromatic rings. The number of oxazole rings is 1. The van der Waals surface area contributed by atoms with Gasteiger partial charge in [-0.3, -0.25) is 0 Å². The molecule has 0 saturated carbocycles. The van der Waals surface area contributed by atoms with E-state index in [1.807, 2.05) is 42.5 Å². The Balaban J connectivity index is 1.65. The number of benzene rings is 3.